The van der Waals surface area contributed by atoms with E-state index in [1.54, 1.807) is 23.1 Å². The summed E-state index contributed by atoms with van der Waals surface area (Å²) in [4.78, 5) is 18.8. The Balaban J connectivity index is 0.00000255. The fraction of sp³-hybridized carbons (Fsp3) is 0.273. The highest BCUT2D eigenvalue weighted by atomic mass is 35.5. The van der Waals surface area contributed by atoms with Gasteiger partial charge in [0.05, 0.1) is 22.4 Å². The van der Waals surface area contributed by atoms with E-state index < -0.39 is 47.7 Å². The molecule has 1 aliphatic heterocycles. The topological polar surface area (TPSA) is 57.3 Å². The van der Waals surface area contributed by atoms with Gasteiger partial charge in [-0.25, -0.2) is 4.98 Å². The molecule has 5 rings (SSSR count). The summed E-state index contributed by atoms with van der Waals surface area (Å²) in [5.74, 6) is -0.275. The van der Waals surface area contributed by atoms with E-state index in [2.05, 4.69) is 15.6 Å². The minimum absolute atomic E-state index is 0.00590. The SMILES string of the molecule is CC.O=C(NCc1cc(C(F)(F)F)cc(C(F)(F)F)c1)c1ccc(-c2cnc3c(c2)N(Cc2cc(Cl)ccc2C(F)(F)F)CCN3)cc1. The van der Waals surface area contributed by atoms with Crippen LogP contribution in [-0.2, 0) is 31.6 Å². The Morgan fingerprint density at radius 1 is 0.833 bits per heavy atom. The summed E-state index contributed by atoms with van der Waals surface area (Å²) in [5.41, 5.74) is -2.38. The number of alkyl halides is 9. The zero-order valence-corrected chi connectivity index (χ0v) is 26.1. The monoisotopic (exact) mass is 702 g/mol. The molecule has 0 saturated heterocycles. The summed E-state index contributed by atoms with van der Waals surface area (Å²) in [6, 6.07) is 12.1. The number of anilines is 2. The number of carbonyl (C=O) groups excluding carboxylic acids is 1. The second kappa shape index (κ2) is 14.3. The van der Waals surface area contributed by atoms with Crippen molar-refractivity contribution in [1.82, 2.24) is 10.3 Å². The number of pyridine rings is 1. The van der Waals surface area contributed by atoms with Crippen LogP contribution < -0.4 is 15.5 Å². The molecule has 0 saturated carbocycles. The molecule has 0 radical (unpaired) electrons. The van der Waals surface area contributed by atoms with E-state index in [0.717, 1.165) is 6.07 Å². The Bertz CT molecular complexity index is 1720. The number of nitrogens with one attached hydrogen (secondary N) is 2. The van der Waals surface area contributed by atoms with Crippen molar-refractivity contribution in [3.05, 3.63) is 111 Å². The zero-order chi connectivity index (χ0) is 35.4. The predicted molar refractivity (Wildman–Crippen MR) is 165 cm³/mol. The number of fused-ring (bicyclic) bond motifs is 1. The van der Waals surface area contributed by atoms with Crippen LogP contribution in [0.3, 0.4) is 0 Å². The van der Waals surface area contributed by atoms with Gasteiger partial charge in [-0.05, 0) is 71.3 Å². The first-order chi connectivity index (χ1) is 22.5. The zero-order valence-electron chi connectivity index (χ0n) is 25.3. The van der Waals surface area contributed by atoms with Crippen LogP contribution >= 0.6 is 11.6 Å². The van der Waals surface area contributed by atoms with Crippen molar-refractivity contribution in [2.24, 2.45) is 0 Å². The number of amides is 1. The lowest BCUT2D eigenvalue weighted by molar-refractivity contribution is -0.143. The quantitative estimate of drug-likeness (QED) is 0.197. The molecule has 1 amide bonds. The Kier molecular flexibility index (Phi) is 10.9. The van der Waals surface area contributed by atoms with Crippen molar-refractivity contribution in [1.29, 1.82) is 0 Å². The first-order valence-electron chi connectivity index (χ1n) is 14.5. The number of nitrogens with zero attached hydrogens (tertiary/aromatic N) is 2. The van der Waals surface area contributed by atoms with Crippen LogP contribution in [0.4, 0.5) is 51.0 Å². The molecule has 4 aromatic rings. The highest BCUT2D eigenvalue weighted by Gasteiger charge is 2.37. The third-order valence-electron chi connectivity index (χ3n) is 7.20. The van der Waals surface area contributed by atoms with Crippen molar-refractivity contribution in [3.63, 3.8) is 0 Å². The van der Waals surface area contributed by atoms with E-state index in [1.807, 2.05) is 13.8 Å². The largest absolute Gasteiger partial charge is 0.416 e. The lowest BCUT2D eigenvalue weighted by Gasteiger charge is -2.32. The molecule has 0 atom stereocenters. The molecule has 2 N–H and O–H groups in total. The molecule has 15 heteroatoms. The molecule has 1 aliphatic rings. The average molecular weight is 703 g/mol. The lowest BCUT2D eigenvalue weighted by Crippen LogP contribution is -2.34. The standard InChI is InChI=1S/C31H22ClF9N4O.C2H6/c32-24-5-6-25(31(39,40)41)21(11-24)16-45-8-7-42-27-26(45)12-20(15-43-27)18-1-3-19(4-2-18)28(46)44-14-17-9-22(29(33,34)35)13-23(10-17)30(36,37)38;1-2/h1-6,9-13,15H,7-8,14,16H2,(H,42,43)(H,44,46);1-2H3. The molecule has 2 heterocycles. The molecule has 0 spiro atoms. The van der Waals surface area contributed by atoms with Gasteiger partial charge in [0, 0.05) is 48.5 Å². The minimum Gasteiger partial charge on any atom is -0.367 e. The van der Waals surface area contributed by atoms with E-state index >= 15 is 0 Å². The number of benzene rings is 3. The van der Waals surface area contributed by atoms with Crippen molar-refractivity contribution < 1.29 is 44.3 Å². The molecule has 0 aliphatic carbocycles. The number of hydrogen-bond donors (Lipinski definition) is 2. The molecular formula is C33H28ClF9N4O. The van der Waals surface area contributed by atoms with E-state index in [4.69, 9.17) is 11.6 Å². The normalized spacial score (nSPS) is 13.2. The van der Waals surface area contributed by atoms with Gasteiger partial charge in [-0.2, -0.15) is 39.5 Å². The molecule has 0 bridgehead atoms. The first kappa shape index (κ1) is 36.4. The molecule has 5 nitrogen and oxygen atoms in total. The van der Waals surface area contributed by atoms with Crippen LogP contribution in [0.15, 0.2) is 72.9 Å². The summed E-state index contributed by atoms with van der Waals surface area (Å²) in [6.45, 7) is 4.12. The molecule has 48 heavy (non-hydrogen) atoms. The maximum absolute atomic E-state index is 13.7. The van der Waals surface area contributed by atoms with Crippen LogP contribution in [0.25, 0.3) is 11.1 Å². The third-order valence-corrected chi connectivity index (χ3v) is 7.43. The van der Waals surface area contributed by atoms with Crippen LogP contribution in [0.5, 0.6) is 0 Å². The van der Waals surface area contributed by atoms with Crippen molar-refractivity contribution in [2.75, 3.05) is 23.3 Å². The predicted octanol–water partition coefficient (Wildman–Crippen LogP) is 9.85. The Morgan fingerprint density at radius 3 is 2.04 bits per heavy atom. The molecule has 0 unspecified atom stereocenters. The number of carbonyl (C=O) groups is 1. The number of hydrogen-bond acceptors (Lipinski definition) is 4. The van der Waals surface area contributed by atoms with Crippen LogP contribution in [0.1, 0.15) is 52.0 Å². The molecule has 256 valence electrons. The van der Waals surface area contributed by atoms with Crippen LogP contribution in [0, 0.1) is 0 Å². The van der Waals surface area contributed by atoms with Gasteiger partial charge >= 0.3 is 18.5 Å². The van der Waals surface area contributed by atoms with Crippen LogP contribution in [0.2, 0.25) is 5.02 Å². The van der Waals surface area contributed by atoms with E-state index in [0.29, 0.717) is 47.9 Å². The Labute approximate surface area is 274 Å². The highest BCUT2D eigenvalue weighted by molar-refractivity contribution is 6.30. The molecule has 1 aromatic heterocycles. The Morgan fingerprint density at radius 2 is 1.46 bits per heavy atom. The highest BCUT2D eigenvalue weighted by Crippen LogP contribution is 2.38. The third kappa shape index (κ3) is 8.71. The van der Waals surface area contributed by atoms with E-state index in [9.17, 15) is 44.3 Å². The van der Waals surface area contributed by atoms with E-state index in [1.165, 1.54) is 30.5 Å². The maximum atomic E-state index is 13.7. The summed E-state index contributed by atoms with van der Waals surface area (Å²) in [6.07, 6.45) is -13.1. The van der Waals surface area contributed by atoms with Gasteiger partial charge in [-0.15, -0.1) is 0 Å². The second-order valence-electron chi connectivity index (χ2n) is 10.4. The summed E-state index contributed by atoms with van der Waals surface area (Å²) in [7, 11) is 0. The molecule has 0 fully saturated rings. The van der Waals surface area contributed by atoms with Crippen molar-refractivity contribution in [2.45, 2.75) is 45.5 Å². The second-order valence-corrected chi connectivity index (χ2v) is 10.8. The van der Waals surface area contributed by atoms with Crippen molar-refractivity contribution in [3.8, 4) is 11.1 Å². The average Bonchev–Trinajstić information content (AvgIpc) is 3.03. The van der Waals surface area contributed by atoms with Gasteiger partial charge < -0.3 is 15.5 Å². The lowest BCUT2D eigenvalue weighted by atomic mass is 10.0. The number of rotatable bonds is 6. The fourth-order valence-electron chi connectivity index (χ4n) is 4.98. The number of halogens is 10. The molecule has 3 aromatic carbocycles. The maximum Gasteiger partial charge on any atom is 0.416 e. The van der Waals surface area contributed by atoms with Gasteiger partial charge in [0.25, 0.3) is 5.91 Å². The van der Waals surface area contributed by atoms with Crippen molar-refractivity contribution >= 4 is 29.0 Å². The fourth-order valence-corrected chi connectivity index (χ4v) is 5.17. The van der Waals surface area contributed by atoms with Gasteiger partial charge in [0.2, 0.25) is 0 Å². The van der Waals surface area contributed by atoms with Crippen LogP contribution in [-0.4, -0.2) is 24.0 Å². The first-order valence-corrected chi connectivity index (χ1v) is 14.9. The smallest absolute Gasteiger partial charge is 0.367 e. The van der Waals surface area contributed by atoms with E-state index in [-0.39, 0.29) is 34.3 Å². The van der Waals surface area contributed by atoms with Gasteiger partial charge in [-0.1, -0.05) is 37.6 Å². The number of aromatic nitrogens is 1. The summed E-state index contributed by atoms with van der Waals surface area (Å²) in [5, 5.41) is 5.60. The van der Waals surface area contributed by atoms with Gasteiger partial charge in [0.15, 0.2) is 0 Å². The van der Waals surface area contributed by atoms with Gasteiger partial charge in [-0.3, -0.25) is 4.79 Å². The Hall–Kier alpha value is -4.46. The molecular weight excluding hydrogens is 675 g/mol. The summed E-state index contributed by atoms with van der Waals surface area (Å²) < 4.78 is 120. The van der Waals surface area contributed by atoms with Gasteiger partial charge in [0.1, 0.15) is 5.82 Å². The minimum atomic E-state index is -5.02. The summed E-state index contributed by atoms with van der Waals surface area (Å²) >= 11 is 6.00.